The van der Waals surface area contributed by atoms with E-state index in [4.69, 9.17) is 9.47 Å². The minimum absolute atomic E-state index is 0.0270. The van der Waals surface area contributed by atoms with Crippen LogP contribution in [0.3, 0.4) is 0 Å². The number of carbonyl (C=O) groups is 2. The summed E-state index contributed by atoms with van der Waals surface area (Å²) in [5.41, 5.74) is 7.75. The van der Waals surface area contributed by atoms with Gasteiger partial charge in [-0.2, -0.15) is 13.5 Å². The molecular formula is C33H36N4O7S. The van der Waals surface area contributed by atoms with Crippen LogP contribution in [0.15, 0.2) is 73.1 Å². The summed E-state index contributed by atoms with van der Waals surface area (Å²) >= 11 is 0. The predicted octanol–water partition coefficient (Wildman–Crippen LogP) is 4.81. The smallest absolute Gasteiger partial charge is 0.285 e. The fourth-order valence-electron chi connectivity index (χ4n) is 5.02. The Bertz CT molecular complexity index is 1780. The van der Waals surface area contributed by atoms with E-state index >= 15 is 0 Å². The number of hydrogen-bond donors (Lipinski definition) is 1. The second kappa shape index (κ2) is 14.0. The molecule has 0 radical (unpaired) electrons. The fraction of sp³-hybridized carbons (Fsp3) is 0.303. The number of hydroxylamine groups is 1. The van der Waals surface area contributed by atoms with E-state index in [1.54, 1.807) is 35.1 Å². The highest BCUT2D eigenvalue weighted by molar-refractivity contribution is 7.85. The second-order valence-corrected chi connectivity index (χ2v) is 12.5. The van der Waals surface area contributed by atoms with Crippen molar-refractivity contribution in [3.8, 4) is 22.6 Å². The third kappa shape index (κ3) is 8.08. The molecule has 0 unspecified atom stereocenters. The molecule has 45 heavy (non-hydrogen) atoms. The monoisotopic (exact) mass is 632 g/mol. The molecule has 12 heteroatoms. The van der Waals surface area contributed by atoms with Crippen molar-refractivity contribution in [3.63, 3.8) is 0 Å². The summed E-state index contributed by atoms with van der Waals surface area (Å²) in [4.78, 5) is 27.3. The van der Waals surface area contributed by atoms with Crippen LogP contribution in [0.1, 0.15) is 46.3 Å². The Morgan fingerprint density at radius 1 is 1.04 bits per heavy atom. The SMILES string of the molecule is Cc1cccc(OCCCC(=O)N2CCCOc3c(-c4cnn(Cc5ccc(C(=O)NOS(C)(=O)=O)cc5)c4)cccc32)c1C. The lowest BCUT2D eigenvalue weighted by Crippen LogP contribution is -2.31. The number of ether oxygens (including phenoxy) is 2. The van der Waals surface area contributed by atoms with E-state index in [2.05, 4.69) is 22.4 Å². The average Bonchev–Trinajstić information content (AvgIpc) is 3.36. The van der Waals surface area contributed by atoms with Crippen LogP contribution in [-0.2, 0) is 25.7 Å². The fourth-order valence-corrected chi connectivity index (χ4v) is 5.25. The Morgan fingerprint density at radius 2 is 1.82 bits per heavy atom. The Morgan fingerprint density at radius 3 is 2.60 bits per heavy atom. The molecule has 1 N–H and O–H groups in total. The van der Waals surface area contributed by atoms with Gasteiger partial charge in [-0.1, -0.05) is 36.4 Å². The Balaban J connectivity index is 1.24. The lowest BCUT2D eigenvalue weighted by Gasteiger charge is -2.23. The molecule has 0 fully saturated rings. The summed E-state index contributed by atoms with van der Waals surface area (Å²) in [6, 6.07) is 18.4. The maximum absolute atomic E-state index is 13.4. The standard InChI is InChI=1S/C33H36N4O7S/c1-23-8-4-11-30(24(23)2)42-18-6-12-31(38)37-17-7-19-43-32-28(9-5-10-29(32)37)27-20-34-36(22-27)21-25-13-15-26(16-14-25)33(39)35-44-45(3,40)41/h4-5,8-11,13-16,20,22H,6-7,12,17-19,21H2,1-3H3,(H,35,39). The maximum Gasteiger partial charge on any atom is 0.285 e. The molecule has 4 aromatic rings. The summed E-state index contributed by atoms with van der Waals surface area (Å²) < 4.78 is 40.5. The minimum atomic E-state index is -3.80. The number of benzene rings is 3. The van der Waals surface area contributed by atoms with E-state index in [-0.39, 0.29) is 11.5 Å². The molecule has 2 amide bonds. The number of aryl methyl sites for hydroxylation is 1. The number of fused-ring (bicyclic) bond motifs is 1. The molecule has 236 valence electrons. The van der Waals surface area contributed by atoms with Crippen LogP contribution in [0.25, 0.3) is 11.1 Å². The number of hydrogen-bond acceptors (Lipinski definition) is 8. The van der Waals surface area contributed by atoms with Gasteiger partial charge in [0.05, 0.1) is 37.9 Å². The van der Waals surface area contributed by atoms with Gasteiger partial charge in [-0.25, -0.2) is 5.48 Å². The highest BCUT2D eigenvalue weighted by Gasteiger charge is 2.25. The number of para-hydroxylation sites is 1. The molecule has 1 aliphatic rings. The number of amides is 2. The summed E-state index contributed by atoms with van der Waals surface area (Å²) in [7, 11) is -3.80. The van der Waals surface area contributed by atoms with E-state index in [0.717, 1.165) is 39.9 Å². The van der Waals surface area contributed by atoms with Crippen LogP contribution in [-0.4, -0.2) is 56.0 Å². The summed E-state index contributed by atoms with van der Waals surface area (Å²) in [6.07, 6.45) is 6.18. The number of nitrogens with zero attached hydrogens (tertiary/aromatic N) is 3. The zero-order valence-electron chi connectivity index (χ0n) is 25.5. The first-order valence-electron chi connectivity index (χ1n) is 14.6. The summed E-state index contributed by atoms with van der Waals surface area (Å²) in [6.45, 7) is 6.05. The van der Waals surface area contributed by atoms with E-state index in [1.807, 2.05) is 53.8 Å². The maximum atomic E-state index is 13.4. The van der Waals surface area contributed by atoms with Crippen molar-refractivity contribution in [2.45, 2.75) is 39.7 Å². The predicted molar refractivity (Wildman–Crippen MR) is 170 cm³/mol. The van der Waals surface area contributed by atoms with Crippen molar-refractivity contribution in [1.82, 2.24) is 15.3 Å². The van der Waals surface area contributed by atoms with Gasteiger partial charge < -0.3 is 14.4 Å². The van der Waals surface area contributed by atoms with Gasteiger partial charge in [-0.15, -0.1) is 4.28 Å². The summed E-state index contributed by atoms with van der Waals surface area (Å²) in [5, 5.41) is 4.52. The second-order valence-electron chi connectivity index (χ2n) is 10.9. The molecule has 0 saturated carbocycles. The van der Waals surface area contributed by atoms with E-state index < -0.39 is 16.0 Å². The van der Waals surface area contributed by atoms with Gasteiger partial charge >= 0.3 is 0 Å². The molecule has 1 aliphatic heterocycles. The Hall–Kier alpha value is -4.68. The van der Waals surface area contributed by atoms with Crippen molar-refractivity contribution in [2.75, 3.05) is 30.9 Å². The normalized spacial score (nSPS) is 13.0. The molecule has 3 aromatic carbocycles. The number of carbonyl (C=O) groups excluding carboxylic acids is 2. The summed E-state index contributed by atoms with van der Waals surface area (Å²) in [5.74, 6) is 0.860. The topological polar surface area (TPSA) is 129 Å². The number of anilines is 1. The van der Waals surface area contributed by atoms with Crippen molar-refractivity contribution >= 4 is 27.6 Å². The lowest BCUT2D eigenvalue weighted by atomic mass is 10.1. The first-order chi connectivity index (χ1) is 21.6. The van der Waals surface area contributed by atoms with Gasteiger partial charge in [0.15, 0.2) is 5.75 Å². The van der Waals surface area contributed by atoms with Gasteiger partial charge in [0.1, 0.15) is 5.75 Å². The molecule has 2 heterocycles. The Kier molecular flexibility index (Phi) is 9.84. The molecule has 0 aliphatic carbocycles. The quantitative estimate of drug-likeness (QED) is 0.184. The number of rotatable bonds is 11. The van der Waals surface area contributed by atoms with E-state index in [9.17, 15) is 18.0 Å². The van der Waals surface area contributed by atoms with Crippen LogP contribution >= 0.6 is 0 Å². The molecular weight excluding hydrogens is 596 g/mol. The molecule has 5 rings (SSSR count). The largest absolute Gasteiger partial charge is 0.493 e. The van der Waals surface area contributed by atoms with Gasteiger partial charge in [0.25, 0.3) is 16.0 Å². The first kappa shape index (κ1) is 31.7. The van der Waals surface area contributed by atoms with Gasteiger partial charge in [-0.3, -0.25) is 14.3 Å². The average molecular weight is 633 g/mol. The van der Waals surface area contributed by atoms with Crippen LogP contribution in [0.5, 0.6) is 11.5 Å². The van der Waals surface area contributed by atoms with Crippen LogP contribution in [0, 0.1) is 13.8 Å². The van der Waals surface area contributed by atoms with E-state index in [0.29, 0.717) is 51.3 Å². The van der Waals surface area contributed by atoms with Gasteiger partial charge in [-0.05, 0) is 67.6 Å². The minimum Gasteiger partial charge on any atom is -0.493 e. The van der Waals surface area contributed by atoms with Crippen LogP contribution in [0.2, 0.25) is 0 Å². The number of aromatic nitrogens is 2. The lowest BCUT2D eigenvalue weighted by molar-refractivity contribution is -0.118. The molecule has 0 bridgehead atoms. The zero-order chi connectivity index (χ0) is 32.0. The van der Waals surface area contributed by atoms with Crippen molar-refractivity contribution in [1.29, 1.82) is 0 Å². The molecule has 0 atom stereocenters. The number of nitrogens with one attached hydrogen (secondary N) is 1. The van der Waals surface area contributed by atoms with Crippen molar-refractivity contribution < 1.29 is 31.8 Å². The highest BCUT2D eigenvalue weighted by atomic mass is 32.2. The molecule has 0 spiro atoms. The van der Waals surface area contributed by atoms with Crippen LogP contribution in [0.4, 0.5) is 5.69 Å². The first-order valence-corrected chi connectivity index (χ1v) is 16.5. The van der Waals surface area contributed by atoms with E-state index in [1.165, 1.54) is 5.56 Å². The third-order valence-electron chi connectivity index (χ3n) is 7.50. The van der Waals surface area contributed by atoms with Crippen molar-refractivity contribution in [3.05, 3.63) is 95.3 Å². The van der Waals surface area contributed by atoms with Crippen LogP contribution < -0.4 is 19.9 Å². The Labute approximate surface area is 262 Å². The third-order valence-corrected chi connectivity index (χ3v) is 7.88. The molecule has 1 aromatic heterocycles. The molecule has 11 nitrogen and oxygen atoms in total. The van der Waals surface area contributed by atoms with Gasteiger partial charge in [0, 0.05) is 35.9 Å². The van der Waals surface area contributed by atoms with Crippen molar-refractivity contribution in [2.24, 2.45) is 0 Å². The highest BCUT2D eigenvalue weighted by Crippen LogP contribution is 2.40. The zero-order valence-corrected chi connectivity index (χ0v) is 26.3. The molecule has 0 saturated heterocycles. The van der Waals surface area contributed by atoms with Gasteiger partial charge in [0.2, 0.25) is 5.91 Å².